The largest absolute Gasteiger partial charge is 0.781 e. The van der Waals surface area contributed by atoms with E-state index in [4.69, 9.17) is 69.5 Å². The molecule has 0 saturated carbocycles. The van der Waals surface area contributed by atoms with Crippen molar-refractivity contribution in [2.75, 3.05) is 26.4 Å². The van der Waals surface area contributed by atoms with Gasteiger partial charge in [0.25, 0.3) is 0 Å². The maximum Gasteiger partial charge on any atom is 0.161 e. The normalized spacial score (nSPS) is 11.7. The fourth-order valence-corrected chi connectivity index (χ4v) is 12.1. The number of unbranched alkanes of at least 4 members (excludes halogenated alkanes) is 36. The molecule has 0 atom stereocenters. The molecule has 0 saturated heterocycles. The van der Waals surface area contributed by atoms with Crippen LogP contribution in [0, 0.1) is 0 Å². The molecule has 0 aromatic heterocycles. The van der Waals surface area contributed by atoms with E-state index in [1.807, 2.05) is 84.9 Å². The first kappa shape index (κ1) is 81.0. The van der Waals surface area contributed by atoms with Gasteiger partial charge in [0, 0.05) is 25.4 Å². The average Bonchev–Trinajstić information content (AvgIpc) is 3.26. The van der Waals surface area contributed by atoms with Crippen molar-refractivity contribution < 1.29 is 35.4 Å². The van der Waals surface area contributed by atoms with Crippen LogP contribution in [0.2, 0.25) is 0 Å². The van der Waals surface area contributed by atoms with E-state index in [9.17, 15) is 0 Å². The van der Waals surface area contributed by atoms with Crippen LogP contribution in [0.4, 0.5) is 0 Å². The van der Waals surface area contributed by atoms with Crippen molar-refractivity contribution in [2.24, 2.45) is 0 Å². The number of benzene rings is 4. The van der Waals surface area contributed by atoms with Crippen molar-refractivity contribution in [2.45, 2.75) is 285 Å². The molecule has 4 rings (SSSR count). The van der Waals surface area contributed by atoms with E-state index in [0.29, 0.717) is 46.0 Å². The van der Waals surface area contributed by atoms with Crippen molar-refractivity contribution in [3.8, 4) is 23.0 Å². The van der Waals surface area contributed by atoms with Gasteiger partial charge in [0.05, 0.1) is 26.4 Å². The zero-order valence-electron chi connectivity index (χ0n) is 54.5. The van der Waals surface area contributed by atoms with Crippen LogP contribution in [-0.2, 0) is 67.0 Å². The van der Waals surface area contributed by atoms with Gasteiger partial charge in [0.1, 0.15) is 0 Å². The van der Waals surface area contributed by atoms with E-state index in [0.717, 1.165) is 79.9 Å². The van der Waals surface area contributed by atoms with Gasteiger partial charge in [0.15, 0.2) is 23.0 Å². The van der Waals surface area contributed by atoms with Crippen molar-refractivity contribution in [3.63, 3.8) is 0 Å². The molecule has 0 heterocycles. The van der Waals surface area contributed by atoms with Gasteiger partial charge in [-0.25, -0.2) is 0 Å². The Balaban J connectivity index is 0.000000587. The average molecular weight is 1440 g/mol. The Kier molecular flexibility index (Phi) is 51.7. The van der Waals surface area contributed by atoms with Crippen molar-refractivity contribution in [1.82, 2.24) is 0 Å². The molecule has 0 aliphatic carbocycles. The molecule has 0 N–H and O–H groups in total. The van der Waals surface area contributed by atoms with Gasteiger partial charge in [-0.1, -0.05) is 327 Å². The number of hydrogen-bond donors (Lipinski definition) is 0. The van der Waals surface area contributed by atoms with E-state index in [1.54, 1.807) is 0 Å². The second-order valence-corrected chi connectivity index (χ2v) is 27.2. The minimum atomic E-state index is 0. The first-order chi connectivity index (χ1) is 42.1. The maximum absolute atomic E-state index is 6.32. The molecule has 0 amide bonds. The monoisotopic (exact) mass is 1430 g/mol. The second-order valence-electron chi connectivity index (χ2n) is 23.8. The molecular formula is C76H114Br2NiO4S4-4. The van der Waals surface area contributed by atoms with E-state index in [1.165, 1.54) is 231 Å². The summed E-state index contributed by atoms with van der Waals surface area (Å²) in [6, 6.07) is 28.1. The van der Waals surface area contributed by atoms with Crippen LogP contribution in [0.1, 0.15) is 307 Å². The summed E-state index contributed by atoms with van der Waals surface area (Å²) >= 11 is 30.2. The van der Waals surface area contributed by atoms with Crippen LogP contribution < -0.4 is 18.9 Å². The Labute approximate surface area is 582 Å². The van der Waals surface area contributed by atoms with Gasteiger partial charge in [0.2, 0.25) is 0 Å². The molecule has 0 bridgehead atoms. The topological polar surface area (TPSA) is 36.9 Å². The minimum absolute atomic E-state index is 0. The summed E-state index contributed by atoms with van der Waals surface area (Å²) in [6.07, 6.45) is 52.5. The zero-order chi connectivity index (χ0) is 61.9. The van der Waals surface area contributed by atoms with Crippen LogP contribution in [-0.4, -0.2) is 26.4 Å². The van der Waals surface area contributed by atoms with Gasteiger partial charge < -0.3 is 69.5 Å². The molecule has 0 radical (unpaired) electrons. The summed E-state index contributed by atoms with van der Waals surface area (Å²) < 4.78 is 27.2. The van der Waals surface area contributed by atoms with Gasteiger partial charge >= 0.3 is 0 Å². The Bertz CT molecular complexity index is 2180. The zero-order valence-corrected chi connectivity index (χ0v) is 62.0. The molecule has 0 spiro atoms. The third kappa shape index (κ3) is 39.1. The van der Waals surface area contributed by atoms with Crippen LogP contribution in [0.5, 0.6) is 23.0 Å². The molecule has 0 aliphatic heterocycles. The molecule has 4 nitrogen and oxygen atoms in total. The van der Waals surface area contributed by atoms with Gasteiger partial charge in [-0.2, -0.15) is 19.6 Å². The summed E-state index contributed by atoms with van der Waals surface area (Å²) in [6.45, 7) is 11.9. The van der Waals surface area contributed by atoms with E-state index < -0.39 is 0 Å². The van der Waals surface area contributed by atoms with Crippen molar-refractivity contribution in [1.29, 1.82) is 0 Å². The van der Waals surface area contributed by atoms with Gasteiger partial charge in [-0.05, 0) is 96.5 Å². The second kappa shape index (κ2) is 55.5. The Morgan fingerprint density at radius 1 is 0.253 bits per heavy atom. The van der Waals surface area contributed by atoms with E-state index in [-0.39, 0.29) is 16.5 Å². The molecule has 11 heteroatoms. The quantitative estimate of drug-likeness (QED) is 0.0187. The number of halogens is 2. The van der Waals surface area contributed by atoms with Gasteiger partial charge in [-0.15, -0.1) is 0 Å². The van der Waals surface area contributed by atoms with E-state index >= 15 is 0 Å². The summed E-state index contributed by atoms with van der Waals surface area (Å²) in [4.78, 5) is 2.70. The molecular weight excluding hydrogens is 1320 g/mol. The fraction of sp³-hybridized carbons (Fsp3) is 0.632. The van der Waals surface area contributed by atoms with Crippen LogP contribution in [0.25, 0.3) is 19.6 Å². The number of ether oxygens (including phenoxy) is 4. The molecule has 4 aromatic carbocycles. The van der Waals surface area contributed by atoms with Crippen LogP contribution in [0.3, 0.4) is 0 Å². The summed E-state index contributed by atoms with van der Waals surface area (Å²) in [5.74, 6) is 3.18. The Morgan fingerprint density at radius 2 is 0.437 bits per heavy atom. The maximum atomic E-state index is 6.32. The molecule has 87 heavy (non-hydrogen) atoms. The molecule has 0 aliphatic rings. The predicted octanol–water partition coefficient (Wildman–Crippen LogP) is 25.9. The van der Waals surface area contributed by atoms with Crippen molar-refractivity contribution >= 4 is 102 Å². The van der Waals surface area contributed by atoms with Crippen LogP contribution >= 0.6 is 31.9 Å². The number of rotatable bonds is 52. The third-order valence-electron chi connectivity index (χ3n) is 16.1. The third-order valence-corrected chi connectivity index (χ3v) is 19.1. The fourth-order valence-electron chi connectivity index (χ4n) is 10.6. The van der Waals surface area contributed by atoms with Crippen LogP contribution in [0.15, 0.2) is 93.9 Å². The summed E-state index contributed by atoms with van der Waals surface area (Å²) in [7, 11) is 0. The Hall–Kier alpha value is -2.11. The van der Waals surface area contributed by atoms with Crippen molar-refractivity contribution in [3.05, 3.63) is 116 Å². The first-order valence-electron chi connectivity index (χ1n) is 34.6. The smallest absolute Gasteiger partial charge is 0.161 e. The summed E-state index contributed by atoms with van der Waals surface area (Å²) in [5, 5.41) is 0. The SMILES string of the molecule is CCCCCCCCCCCCOc1ccc(C([S-])=C([S-])c2ccc(Br)cc2)cc1OCCCCCCCCCCCC.CCCCCCCCCCCCOc1ccc(C([S-])=C([S-])c2ccc(Br)cc2)cc1OCCCCCCCCCCCC.[Ni]. The first-order valence-corrected chi connectivity index (χ1v) is 37.8. The molecule has 0 fully saturated rings. The molecule has 0 unspecified atom stereocenters. The Morgan fingerprint density at radius 3 is 0.667 bits per heavy atom. The summed E-state index contributed by atoms with van der Waals surface area (Å²) in [5.41, 5.74) is 3.73. The van der Waals surface area contributed by atoms with E-state index in [2.05, 4.69) is 59.6 Å². The number of hydrogen-bond acceptors (Lipinski definition) is 8. The molecule has 4 aromatic rings. The van der Waals surface area contributed by atoms with Gasteiger partial charge in [-0.3, -0.25) is 0 Å². The standard InChI is InChI=1S/2C38H59BrO2S2.Ni/c2*1-3-5-7-9-11-13-15-17-19-21-29-40-35-28-25-33(38(43)37(42)32-23-26-34(39)27-24-32)31-36(35)41-30-22-20-18-16-14-12-10-8-6-4-2;/h2*23-28,31,42-43H,3-22,29-30H2,1-2H3;/p-4. The predicted molar refractivity (Wildman–Crippen MR) is 394 cm³/mol. The minimum Gasteiger partial charge on any atom is -0.781 e. The molecule has 494 valence electrons.